The van der Waals surface area contributed by atoms with Crippen molar-refractivity contribution in [3.63, 3.8) is 0 Å². The molecule has 0 atom stereocenters. The Hall–Kier alpha value is -2.57. The van der Waals surface area contributed by atoms with Gasteiger partial charge in [0.2, 0.25) is 0 Å². The van der Waals surface area contributed by atoms with Gasteiger partial charge in [0.05, 0.1) is 24.8 Å². The Morgan fingerprint density at radius 3 is 2.38 bits per heavy atom. The Labute approximate surface area is 137 Å². The first-order valence-corrected chi connectivity index (χ1v) is 7.69. The largest absolute Gasteiger partial charge is 0.416 e. The van der Waals surface area contributed by atoms with Crippen LogP contribution in [0.25, 0.3) is 0 Å². The van der Waals surface area contributed by atoms with E-state index in [0.717, 1.165) is 43.9 Å². The van der Waals surface area contributed by atoms with Gasteiger partial charge in [0.1, 0.15) is 5.56 Å². The van der Waals surface area contributed by atoms with Crippen LogP contribution in [0.15, 0.2) is 42.6 Å². The lowest BCUT2D eigenvalue weighted by Crippen LogP contribution is -2.29. The maximum atomic E-state index is 12.6. The molecular weight excluding hydrogens is 319 g/mol. The fourth-order valence-corrected chi connectivity index (χ4v) is 2.75. The van der Waals surface area contributed by atoms with Crippen LogP contribution >= 0.6 is 0 Å². The van der Waals surface area contributed by atoms with Gasteiger partial charge in [0.15, 0.2) is 0 Å². The predicted octanol–water partition coefficient (Wildman–Crippen LogP) is 3.37. The summed E-state index contributed by atoms with van der Waals surface area (Å²) >= 11 is 0. The van der Waals surface area contributed by atoms with Crippen molar-refractivity contribution in [2.45, 2.75) is 19.0 Å². The summed E-state index contributed by atoms with van der Waals surface area (Å²) < 4.78 is 37.7. The third-order valence-corrected chi connectivity index (χ3v) is 3.97. The fourth-order valence-electron chi connectivity index (χ4n) is 2.75. The van der Waals surface area contributed by atoms with E-state index in [1.807, 2.05) is 0 Å². The molecule has 0 bridgehead atoms. The molecule has 0 saturated carbocycles. The van der Waals surface area contributed by atoms with Crippen LogP contribution in [0.1, 0.15) is 28.8 Å². The van der Waals surface area contributed by atoms with Gasteiger partial charge >= 0.3 is 6.18 Å². The van der Waals surface area contributed by atoms with Crippen molar-refractivity contribution in [1.29, 1.82) is 0 Å². The zero-order valence-electron chi connectivity index (χ0n) is 12.9. The highest BCUT2D eigenvalue weighted by atomic mass is 19.4. The summed E-state index contributed by atoms with van der Waals surface area (Å²) in [6.07, 6.45) is -0.492. The number of nitrogens with one attached hydrogen (secondary N) is 2. The molecule has 0 radical (unpaired) electrons. The second-order valence-corrected chi connectivity index (χ2v) is 5.66. The number of nitrogens with zero attached hydrogens (tertiary/aromatic N) is 1. The van der Waals surface area contributed by atoms with Gasteiger partial charge in [-0.25, -0.2) is 4.98 Å². The van der Waals surface area contributed by atoms with Crippen LogP contribution < -0.4 is 15.2 Å². The van der Waals surface area contributed by atoms with Gasteiger partial charge in [-0.05, 0) is 49.2 Å². The SMILES string of the molecule is O=C(Nc1ccc(C(F)(F)F)cc1)c1ccc[nH+]c1N1CCCC1. The molecule has 1 aliphatic rings. The topological polar surface area (TPSA) is 46.5 Å². The maximum absolute atomic E-state index is 12.6. The molecule has 1 amide bonds. The Kier molecular flexibility index (Phi) is 4.42. The van der Waals surface area contributed by atoms with Gasteiger partial charge in [-0.3, -0.25) is 9.69 Å². The molecule has 1 aromatic carbocycles. The summed E-state index contributed by atoms with van der Waals surface area (Å²) in [5.41, 5.74) is 0.0508. The van der Waals surface area contributed by atoms with Crippen molar-refractivity contribution in [3.8, 4) is 0 Å². The normalized spacial score (nSPS) is 14.7. The number of carbonyl (C=O) groups excluding carboxylic acids is 1. The zero-order chi connectivity index (χ0) is 17.2. The summed E-state index contributed by atoms with van der Waals surface area (Å²) in [4.78, 5) is 17.7. The molecule has 126 valence electrons. The van der Waals surface area contributed by atoms with Gasteiger partial charge < -0.3 is 5.32 Å². The average molecular weight is 336 g/mol. The van der Waals surface area contributed by atoms with Crippen LogP contribution in [0.2, 0.25) is 0 Å². The monoisotopic (exact) mass is 336 g/mol. The predicted molar refractivity (Wildman–Crippen MR) is 83.8 cm³/mol. The highest BCUT2D eigenvalue weighted by Gasteiger charge is 2.30. The highest BCUT2D eigenvalue weighted by Crippen LogP contribution is 2.30. The molecule has 24 heavy (non-hydrogen) atoms. The van der Waals surface area contributed by atoms with E-state index in [-0.39, 0.29) is 5.91 Å². The molecule has 3 rings (SSSR count). The lowest BCUT2D eigenvalue weighted by Gasteiger charge is -2.13. The number of benzene rings is 1. The number of halogens is 3. The number of amides is 1. The van der Waals surface area contributed by atoms with Gasteiger partial charge in [0, 0.05) is 5.69 Å². The minimum atomic E-state index is -4.39. The van der Waals surface area contributed by atoms with Crippen molar-refractivity contribution < 1.29 is 22.9 Å². The summed E-state index contributed by atoms with van der Waals surface area (Å²) in [6, 6.07) is 7.83. The van der Waals surface area contributed by atoms with E-state index in [9.17, 15) is 18.0 Å². The van der Waals surface area contributed by atoms with Crippen molar-refractivity contribution in [3.05, 3.63) is 53.7 Å². The maximum Gasteiger partial charge on any atom is 0.416 e. The van der Waals surface area contributed by atoms with Crippen LogP contribution in [0.4, 0.5) is 24.7 Å². The van der Waals surface area contributed by atoms with E-state index < -0.39 is 11.7 Å². The van der Waals surface area contributed by atoms with E-state index in [1.165, 1.54) is 12.1 Å². The second-order valence-electron chi connectivity index (χ2n) is 5.66. The lowest BCUT2D eigenvalue weighted by molar-refractivity contribution is -0.364. The second kappa shape index (κ2) is 6.51. The molecule has 4 nitrogen and oxygen atoms in total. The number of alkyl halides is 3. The van der Waals surface area contributed by atoms with Gasteiger partial charge in [0.25, 0.3) is 11.7 Å². The number of hydrogen-bond acceptors (Lipinski definition) is 2. The number of pyridine rings is 1. The molecular formula is C17H17F3N3O+. The standard InChI is InChI=1S/C17H16F3N3O/c18-17(19,20)12-5-7-13(8-6-12)22-16(24)14-4-3-9-21-15(14)23-10-1-2-11-23/h3-9H,1-2,10-11H2,(H,22,24)/p+1. The number of H-pyrrole nitrogens is 1. The number of aromatic amines is 1. The Morgan fingerprint density at radius 1 is 1.08 bits per heavy atom. The first-order chi connectivity index (χ1) is 11.4. The molecule has 2 aromatic rings. The molecule has 2 N–H and O–H groups in total. The van der Waals surface area contributed by atoms with Gasteiger partial charge in [-0.1, -0.05) is 0 Å². The first-order valence-electron chi connectivity index (χ1n) is 7.69. The number of rotatable bonds is 3. The zero-order valence-corrected chi connectivity index (χ0v) is 12.9. The van der Waals surface area contributed by atoms with Crippen LogP contribution in [-0.4, -0.2) is 19.0 Å². The van der Waals surface area contributed by atoms with Gasteiger partial charge in [-0.2, -0.15) is 13.2 Å². The van der Waals surface area contributed by atoms with Gasteiger partial charge in [-0.15, -0.1) is 0 Å². The Bertz CT molecular complexity index is 723. The number of carbonyl (C=O) groups is 1. The minimum absolute atomic E-state index is 0.323. The summed E-state index contributed by atoms with van der Waals surface area (Å²) in [7, 11) is 0. The molecule has 7 heteroatoms. The van der Waals surface area contributed by atoms with E-state index in [1.54, 1.807) is 18.3 Å². The lowest BCUT2D eigenvalue weighted by atomic mass is 10.2. The van der Waals surface area contributed by atoms with Crippen molar-refractivity contribution in [2.75, 3.05) is 23.3 Å². The van der Waals surface area contributed by atoms with Crippen LogP contribution in [0.3, 0.4) is 0 Å². The molecule has 1 saturated heterocycles. The highest BCUT2D eigenvalue weighted by molar-refractivity contribution is 6.07. The van der Waals surface area contributed by atoms with E-state index in [0.29, 0.717) is 11.3 Å². The first kappa shape index (κ1) is 16.3. The minimum Gasteiger partial charge on any atom is -0.322 e. The summed E-state index contributed by atoms with van der Waals surface area (Å²) in [6.45, 7) is 1.75. The molecule has 1 aromatic heterocycles. The van der Waals surface area contributed by atoms with Crippen molar-refractivity contribution >= 4 is 17.4 Å². The Morgan fingerprint density at radius 2 is 1.75 bits per heavy atom. The third-order valence-electron chi connectivity index (χ3n) is 3.97. The van der Waals surface area contributed by atoms with Crippen molar-refractivity contribution in [1.82, 2.24) is 0 Å². The molecule has 1 fully saturated rings. The van der Waals surface area contributed by atoms with Crippen LogP contribution in [-0.2, 0) is 6.18 Å². The van der Waals surface area contributed by atoms with Crippen molar-refractivity contribution in [2.24, 2.45) is 0 Å². The summed E-state index contributed by atoms with van der Waals surface area (Å²) in [5.74, 6) is 0.382. The molecule has 2 heterocycles. The molecule has 0 unspecified atom stereocenters. The number of aromatic nitrogens is 1. The average Bonchev–Trinajstić information content (AvgIpc) is 3.09. The summed E-state index contributed by atoms with van der Waals surface area (Å²) in [5, 5.41) is 2.65. The molecule has 0 aliphatic carbocycles. The molecule has 1 aliphatic heterocycles. The fraction of sp³-hybridized carbons (Fsp3) is 0.294. The van der Waals surface area contributed by atoms with E-state index in [4.69, 9.17) is 0 Å². The number of anilines is 2. The van der Waals surface area contributed by atoms with Crippen LogP contribution in [0.5, 0.6) is 0 Å². The quantitative estimate of drug-likeness (QED) is 0.934. The Balaban J connectivity index is 1.78. The van der Waals surface area contributed by atoms with E-state index >= 15 is 0 Å². The smallest absolute Gasteiger partial charge is 0.322 e. The van der Waals surface area contributed by atoms with Crippen LogP contribution in [0, 0.1) is 0 Å². The number of hydrogen-bond donors (Lipinski definition) is 1. The third kappa shape index (κ3) is 3.50. The van der Waals surface area contributed by atoms with E-state index in [2.05, 4.69) is 15.2 Å². The molecule has 0 spiro atoms.